The Morgan fingerprint density at radius 3 is 2.86 bits per heavy atom. The van der Waals surface area contributed by atoms with Crippen LogP contribution in [0.2, 0.25) is 0 Å². The van der Waals surface area contributed by atoms with Gasteiger partial charge in [-0.1, -0.05) is 13.8 Å². The largest absolute Gasteiger partial charge is 0.346 e. The summed E-state index contributed by atoms with van der Waals surface area (Å²) in [6.45, 7) is 4.07. The predicted octanol–water partition coefficient (Wildman–Crippen LogP) is 1.38. The molecule has 0 aliphatic heterocycles. The van der Waals surface area contributed by atoms with Gasteiger partial charge in [-0.25, -0.2) is 0 Å². The van der Waals surface area contributed by atoms with Crippen molar-refractivity contribution in [1.82, 2.24) is 14.8 Å². The SMILES string of the molecule is CC(C)c1nn(C)c2[nH]ccc(=O)c12. The van der Waals surface area contributed by atoms with Gasteiger partial charge >= 0.3 is 0 Å². The number of aromatic amines is 1. The van der Waals surface area contributed by atoms with Crippen molar-refractivity contribution in [1.29, 1.82) is 0 Å². The van der Waals surface area contributed by atoms with Gasteiger partial charge in [0.15, 0.2) is 5.43 Å². The number of rotatable bonds is 1. The van der Waals surface area contributed by atoms with Crippen LogP contribution >= 0.6 is 0 Å². The van der Waals surface area contributed by atoms with E-state index in [-0.39, 0.29) is 11.3 Å². The van der Waals surface area contributed by atoms with Crippen LogP contribution in [-0.2, 0) is 7.05 Å². The van der Waals surface area contributed by atoms with Gasteiger partial charge in [0.05, 0.1) is 11.1 Å². The van der Waals surface area contributed by atoms with Gasteiger partial charge in [-0.3, -0.25) is 9.48 Å². The monoisotopic (exact) mass is 191 g/mol. The van der Waals surface area contributed by atoms with E-state index in [2.05, 4.69) is 10.1 Å². The van der Waals surface area contributed by atoms with Crippen LogP contribution in [0, 0.1) is 0 Å². The third kappa shape index (κ3) is 1.14. The Hall–Kier alpha value is -1.58. The molecule has 1 N–H and O–H groups in total. The molecule has 14 heavy (non-hydrogen) atoms. The number of aromatic nitrogens is 3. The summed E-state index contributed by atoms with van der Waals surface area (Å²) in [5.74, 6) is 0.266. The summed E-state index contributed by atoms with van der Waals surface area (Å²) >= 11 is 0. The molecule has 0 amide bonds. The molecule has 4 nitrogen and oxygen atoms in total. The fourth-order valence-corrected chi connectivity index (χ4v) is 1.64. The van der Waals surface area contributed by atoms with Crippen LogP contribution in [-0.4, -0.2) is 14.8 Å². The Kier molecular flexibility index (Phi) is 1.91. The van der Waals surface area contributed by atoms with Crippen LogP contribution in [0.1, 0.15) is 25.5 Å². The van der Waals surface area contributed by atoms with Gasteiger partial charge in [0, 0.05) is 19.3 Å². The number of nitrogens with zero attached hydrogens (tertiary/aromatic N) is 2. The Balaban J connectivity index is 2.93. The summed E-state index contributed by atoms with van der Waals surface area (Å²) in [5.41, 5.74) is 1.70. The van der Waals surface area contributed by atoms with Crippen molar-refractivity contribution in [2.45, 2.75) is 19.8 Å². The fraction of sp³-hybridized carbons (Fsp3) is 0.400. The smallest absolute Gasteiger partial charge is 0.192 e. The maximum absolute atomic E-state index is 11.6. The molecule has 4 heteroatoms. The minimum absolute atomic E-state index is 0.0375. The molecule has 0 atom stereocenters. The molecule has 0 saturated carbocycles. The molecule has 0 saturated heterocycles. The van der Waals surface area contributed by atoms with E-state index < -0.39 is 0 Å². The van der Waals surface area contributed by atoms with Crippen molar-refractivity contribution in [3.05, 3.63) is 28.2 Å². The molecule has 2 aromatic rings. The first-order chi connectivity index (χ1) is 6.61. The van der Waals surface area contributed by atoms with E-state index in [0.29, 0.717) is 5.39 Å². The summed E-state index contributed by atoms with van der Waals surface area (Å²) in [6, 6.07) is 1.54. The van der Waals surface area contributed by atoms with Crippen LogP contribution in [0.5, 0.6) is 0 Å². The lowest BCUT2D eigenvalue weighted by molar-refractivity contribution is 0.724. The Morgan fingerprint density at radius 2 is 2.21 bits per heavy atom. The zero-order chi connectivity index (χ0) is 10.3. The van der Waals surface area contributed by atoms with Crippen molar-refractivity contribution in [3.8, 4) is 0 Å². The van der Waals surface area contributed by atoms with Gasteiger partial charge in [-0.2, -0.15) is 5.10 Å². The number of hydrogen-bond acceptors (Lipinski definition) is 2. The predicted molar refractivity (Wildman–Crippen MR) is 55.4 cm³/mol. The van der Waals surface area contributed by atoms with Crippen LogP contribution in [0.25, 0.3) is 11.0 Å². The average Bonchev–Trinajstić information content (AvgIpc) is 2.46. The summed E-state index contributed by atoms with van der Waals surface area (Å²) in [6.07, 6.45) is 1.65. The summed E-state index contributed by atoms with van der Waals surface area (Å²) < 4.78 is 1.71. The van der Waals surface area contributed by atoms with Gasteiger partial charge in [-0.15, -0.1) is 0 Å². The lowest BCUT2D eigenvalue weighted by atomic mass is 10.1. The number of H-pyrrole nitrogens is 1. The summed E-state index contributed by atoms with van der Waals surface area (Å²) in [5, 5.41) is 5.05. The highest BCUT2D eigenvalue weighted by molar-refractivity contribution is 5.78. The molecule has 0 aromatic carbocycles. The van der Waals surface area contributed by atoms with Gasteiger partial charge in [0.1, 0.15) is 5.65 Å². The van der Waals surface area contributed by atoms with Crippen LogP contribution in [0.15, 0.2) is 17.1 Å². The average molecular weight is 191 g/mol. The van der Waals surface area contributed by atoms with Crippen molar-refractivity contribution < 1.29 is 0 Å². The number of fused-ring (bicyclic) bond motifs is 1. The van der Waals surface area contributed by atoms with E-state index in [1.807, 2.05) is 20.9 Å². The van der Waals surface area contributed by atoms with Crippen LogP contribution in [0.4, 0.5) is 0 Å². The van der Waals surface area contributed by atoms with E-state index in [9.17, 15) is 4.79 Å². The Bertz CT molecular complexity index is 522. The fourth-order valence-electron chi connectivity index (χ4n) is 1.64. The second kappa shape index (κ2) is 2.97. The van der Waals surface area contributed by atoms with Gasteiger partial charge < -0.3 is 4.98 Å². The van der Waals surface area contributed by atoms with Crippen molar-refractivity contribution in [3.63, 3.8) is 0 Å². The molecule has 74 valence electrons. The molecule has 0 aliphatic carbocycles. The molecule has 0 spiro atoms. The van der Waals surface area contributed by atoms with E-state index in [1.165, 1.54) is 6.07 Å². The Labute approximate surface area is 81.6 Å². The molecular formula is C10H13N3O. The van der Waals surface area contributed by atoms with E-state index in [1.54, 1.807) is 10.9 Å². The van der Waals surface area contributed by atoms with Crippen LogP contribution < -0.4 is 5.43 Å². The van der Waals surface area contributed by atoms with Crippen LogP contribution in [0.3, 0.4) is 0 Å². The van der Waals surface area contributed by atoms with E-state index in [4.69, 9.17) is 0 Å². The number of nitrogens with one attached hydrogen (secondary N) is 1. The molecule has 0 radical (unpaired) electrons. The Morgan fingerprint density at radius 1 is 1.50 bits per heavy atom. The highest BCUT2D eigenvalue weighted by Crippen LogP contribution is 2.19. The second-order valence-corrected chi connectivity index (χ2v) is 3.73. The molecule has 2 aromatic heterocycles. The lowest BCUT2D eigenvalue weighted by Gasteiger charge is -1.97. The molecule has 0 aliphatic rings. The molecule has 2 rings (SSSR count). The third-order valence-corrected chi connectivity index (χ3v) is 2.32. The lowest BCUT2D eigenvalue weighted by Crippen LogP contribution is -2.02. The van der Waals surface area contributed by atoms with E-state index >= 15 is 0 Å². The number of aryl methyl sites for hydroxylation is 1. The highest BCUT2D eigenvalue weighted by Gasteiger charge is 2.13. The van der Waals surface area contributed by atoms with Gasteiger partial charge in [-0.05, 0) is 5.92 Å². The molecule has 0 bridgehead atoms. The zero-order valence-corrected chi connectivity index (χ0v) is 8.53. The molecule has 0 unspecified atom stereocenters. The molecule has 2 heterocycles. The van der Waals surface area contributed by atoms with Crippen molar-refractivity contribution in [2.75, 3.05) is 0 Å². The first-order valence-electron chi connectivity index (χ1n) is 4.65. The molecular weight excluding hydrogens is 178 g/mol. The summed E-state index contributed by atoms with van der Waals surface area (Å²) in [4.78, 5) is 14.7. The number of hydrogen-bond donors (Lipinski definition) is 1. The second-order valence-electron chi connectivity index (χ2n) is 3.73. The van der Waals surface area contributed by atoms with Crippen molar-refractivity contribution >= 4 is 11.0 Å². The van der Waals surface area contributed by atoms with E-state index in [0.717, 1.165) is 11.3 Å². The maximum atomic E-state index is 11.6. The van der Waals surface area contributed by atoms with Gasteiger partial charge in [0.2, 0.25) is 0 Å². The number of pyridine rings is 1. The maximum Gasteiger partial charge on any atom is 0.192 e. The minimum atomic E-state index is 0.0375. The third-order valence-electron chi connectivity index (χ3n) is 2.32. The first-order valence-corrected chi connectivity index (χ1v) is 4.65. The normalized spacial score (nSPS) is 11.4. The topological polar surface area (TPSA) is 50.7 Å². The quantitative estimate of drug-likeness (QED) is 0.740. The minimum Gasteiger partial charge on any atom is -0.346 e. The standard InChI is InChI=1S/C10H13N3O/c1-6(2)9-8-7(14)4-5-11-10(8)13(3)12-9/h4-6H,1-3H3,(H,11,14). The van der Waals surface area contributed by atoms with Gasteiger partial charge in [0.25, 0.3) is 0 Å². The summed E-state index contributed by atoms with van der Waals surface area (Å²) in [7, 11) is 1.84. The highest BCUT2D eigenvalue weighted by atomic mass is 16.1. The molecule has 0 fully saturated rings. The zero-order valence-electron chi connectivity index (χ0n) is 8.53. The first kappa shape index (κ1) is 8.99. The van der Waals surface area contributed by atoms with Crippen molar-refractivity contribution in [2.24, 2.45) is 7.05 Å².